The Kier molecular flexibility index (Phi) is 10.7. The maximum Gasteiger partial charge on any atom is 0.348 e. The summed E-state index contributed by atoms with van der Waals surface area (Å²) in [6.07, 6.45) is 1.21. The van der Waals surface area contributed by atoms with E-state index < -0.39 is 17.7 Å². The lowest BCUT2D eigenvalue weighted by Crippen LogP contribution is -2.12. The highest BCUT2D eigenvalue weighted by Gasteiger charge is 2.28. The molecule has 0 fully saturated rings. The minimum atomic E-state index is -0.636. The Balaban J connectivity index is 1.77. The van der Waals surface area contributed by atoms with Crippen LogP contribution in [0.25, 0.3) is 6.08 Å². The molecule has 0 aliphatic rings. The Morgan fingerprint density at radius 2 is 1.64 bits per heavy atom. The van der Waals surface area contributed by atoms with E-state index >= 15 is 0 Å². The second-order valence-corrected chi connectivity index (χ2v) is 10.1. The van der Waals surface area contributed by atoms with Crippen LogP contribution in [0.15, 0.2) is 48.0 Å². The van der Waals surface area contributed by atoms with Crippen LogP contribution in [0.5, 0.6) is 5.75 Å². The molecule has 0 spiro atoms. The smallest absolute Gasteiger partial charge is 0.348 e. The molecule has 0 aliphatic heterocycles. The highest BCUT2D eigenvalue weighted by Crippen LogP contribution is 2.31. The molecule has 0 saturated carbocycles. The minimum absolute atomic E-state index is 0.0991. The average Bonchev–Trinajstić information content (AvgIpc) is 3.24. The highest BCUT2D eigenvalue weighted by molar-refractivity contribution is 7.14. The number of allylic oxidation sites excluding steroid dienone is 1. The first-order valence-electron chi connectivity index (χ1n) is 12.0. The van der Waals surface area contributed by atoms with E-state index in [0.717, 1.165) is 16.9 Å². The molecule has 0 saturated heterocycles. The van der Waals surface area contributed by atoms with Gasteiger partial charge in [0.2, 0.25) is 0 Å². The van der Waals surface area contributed by atoms with Crippen molar-refractivity contribution in [2.45, 2.75) is 33.8 Å². The van der Waals surface area contributed by atoms with Crippen LogP contribution in [0.4, 0.5) is 0 Å². The number of carbonyl (C=O) groups is 3. The van der Waals surface area contributed by atoms with Gasteiger partial charge in [-0.2, -0.15) is 5.26 Å². The van der Waals surface area contributed by atoms with Gasteiger partial charge in [0.1, 0.15) is 23.3 Å². The fourth-order valence-corrected chi connectivity index (χ4v) is 5.10. The maximum atomic E-state index is 13.1. The summed E-state index contributed by atoms with van der Waals surface area (Å²) >= 11 is 13.0. The van der Waals surface area contributed by atoms with Crippen LogP contribution in [-0.2, 0) is 27.3 Å². The largest absolute Gasteiger partial charge is 0.489 e. The molecule has 1 heterocycles. The first-order valence-corrected chi connectivity index (χ1v) is 13.5. The zero-order valence-corrected chi connectivity index (χ0v) is 23.8. The van der Waals surface area contributed by atoms with Crippen LogP contribution in [-0.4, -0.2) is 30.9 Å². The molecule has 0 radical (unpaired) electrons. The van der Waals surface area contributed by atoms with E-state index in [1.54, 1.807) is 57.2 Å². The second-order valence-electron chi connectivity index (χ2n) is 8.17. The van der Waals surface area contributed by atoms with E-state index in [4.69, 9.17) is 37.4 Å². The second kappa shape index (κ2) is 13.9. The third-order valence-electron chi connectivity index (χ3n) is 5.48. The summed E-state index contributed by atoms with van der Waals surface area (Å²) in [7, 11) is 0. The van der Waals surface area contributed by atoms with Gasteiger partial charge in [-0.25, -0.2) is 9.59 Å². The van der Waals surface area contributed by atoms with Crippen LogP contribution in [0.1, 0.15) is 55.4 Å². The lowest BCUT2D eigenvalue weighted by atomic mass is 10.0. The van der Waals surface area contributed by atoms with Crippen molar-refractivity contribution >= 4 is 58.3 Å². The quantitative estimate of drug-likeness (QED) is 0.135. The van der Waals surface area contributed by atoms with Crippen LogP contribution in [0.3, 0.4) is 0 Å². The summed E-state index contributed by atoms with van der Waals surface area (Å²) in [5.41, 5.74) is 1.90. The highest BCUT2D eigenvalue weighted by atomic mass is 35.5. The molecule has 0 aliphatic carbocycles. The van der Waals surface area contributed by atoms with Crippen molar-refractivity contribution in [3.8, 4) is 11.8 Å². The minimum Gasteiger partial charge on any atom is -0.489 e. The number of esters is 2. The zero-order valence-electron chi connectivity index (χ0n) is 21.5. The number of benzene rings is 2. The van der Waals surface area contributed by atoms with Gasteiger partial charge in [-0.15, -0.1) is 11.3 Å². The van der Waals surface area contributed by atoms with E-state index in [0.29, 0.717) is 31.8 Å². The number of thiophene rings is 1. The molecule has 7 nitrogen and oxygen atoms in total. The Hall–Kier alpha value is -3.64. The number of ketones is 1. The molecule has 0 N–H and O–H groups in total. The van der Waals surface area contributed by atoms with Gasteiger partial charge in [0.05, 0.1) is 34.4 Å². The van der Waals surface area contributed by atoms with Crippen LogP contribution in [0, 0.1) is 18.3 Å². The van der Waals surface area contributed by atoms with E-state index in [1.807, 2.05) is 12.1 Å². The van der Waals surface area contributed by atoms with E-state index in [-0.39, 0.29) is 42.3 Å². The number of hydrogen-bond acceptors (Lipinski definition) is 8. The topological polar surface area (TPSA) is 103 Å². The lowest BCUT2D eigenvalue weighted by Gasteiger charge is -2.08. The molecule has 3 aromatic rings. The van der Waals surface area contributed by atoms with Crippen LogP contribution >= 0.6 is 34.5 Å². The monoisotopic (exact) mass is 585 g/mol. The molecular formula is C29H25Cl2NO6S. The molecule has 0 atom stereocenters. The van der Waals surface area contributed by atoms with E-state index in [9.17, 15) is 19.6 Å². The summed E-state index contributed by atoms with van der Waals surface area (Å²) < 4.78 is 16.0. The SMILES string of the molecule is CCOC(=O)c1sc(CC(=O)/C(C#N)=C/c2ccc(OCc3ccc(Cl)c(Cl)c3)cc2)c(C(=O)OCC)c1C. The molecule has 39 heavy (non-hydrogen) atoms. The maximum absolute atomic E-state index is 13.1. The molecule has 3 rings (SSSR count). The predicted molar refractivity (Wildman–Crippen MR) is 151 cm³/mol. The molecule has 0 unspecified atom stereocenters. The third-order valence-corrected chi connectivity index (χ3v) is 7.49. The fourth-order valence-electron chi connectivity index (χ4n) is 3.60. The molecule has 2 aromatic carbocycles. The van der Waals surface area contributed by atoms with Crippen molar-refractivity contribution in [1.82, 2.24) is 0 Å². The number of nitriles is 1. The molecule has 0 bridgehead atoms. The van der Waals surface area contributed by atoms with Crippen molar-refractivity contribution in [2.75, 3.05) is 13.2 Å². The van der Waals surface area contributed by atoms with Crippen LogP contribution in [0.2, 0.25) is 10.0 Å². The molecule has 10 heteroatoms. The van der Waals surface area contributed by atoms with Crippen molar-refractivity contribution < 1.29 is 28.6 Å². The summed E-state index contributed by atoms with van der Waals surface area (Å²) in [4.78, 5) is 38.6. The van der Waals surface area contributed by atoms with Gasteiger partial charge in [-0.3, -0.25) is 4.79 Å². The zero-order chi connectivity index (χ0) is 28.5. The van der Waals surface area contributed by atoms with Gasteiger partial charge < -0.3 is 14.2 Å². The molecule has 0 amide bonds. The lowest BCUT2D eigenvalue weighted by molar-refractivity contribution is -0.114. The van der Waals surface area contributed by atoms with Gasteiger partial charge in [0.15, 0.2) is 5.78 Å². The van der Waals surface area contributed by atoms with Crippen LogP contribution < -0.4 is 4.74 Å². The Morgan fingerprint density at radius 3 is 2.26 bits per heavy atom. The summed E-state index contributed by atoms with van der Waals surface area (Å²) in [6.45, 7) is 5.53. The van der Waals surface area contributed by atoms with Gasteiger partial charge >= 0.3 is 11.9 Å². The molecule has 1 aromatic heterocycles. The summed E-state index contributed by atoms with van der Waals surface area (Å²) in [5.74, 6) is -1.13. The van der Waals surface area contributed by atoms with E-state index in [1.165, 1.54) is 6.08 Å². The number of rotatable bonds is 11. The van der Waals surface area contributed by atoms with Gasteiger partial charge in [-0.05, 0) is 67.8 Å². The van der Waals surface area contributed by atoms with Crippen molar-refractivity contribution in [3.05, 3.63) is 90.1 Å². The van der Waals surface area contributed by atoms with Crippen molar-refractivity contribution in [2.24, 2.45) is 0 Å². The standard InChI is InChI=1S/C29H25Cl2NO6S/c1-4-36-28(34)26-17(3)27(29(35)37-5-2)39-25(26)14-24(33)20(15-32)12-18-6-9-21(10-7-18)38-16-19-8-11-22(30)23(31)13-19/h6-13H,4-5,14,16H2,1-3H3/b20-12+. The number of halogens is 2. The fraction of sp³-hybridized carbons (Fsp3) is 0.241. The van der Waals surface area contributed by atoms with Gasteiger partial charge in [-0.1, -0.05) is 41.4 Å². The van der Waals surface area contributed by atoms with E-state index in [2.05, 4.69) is 0 Å². The third kappa shape index (κ3) is 7.70. The summed E-state index contributed by atoms with van der Waals surface area (Å²) in [5, 5.41) is 10.6. The Morgan fingerprint density at radius 1 is 0.974 bits per heavy atom. The van der Waals surface area contributed by atoms with Crippen molar-refractivity contribution in [3.63, 3.8) is 0 Å². The molecule has 202 valence electrons. The number of carbonyl (C=O) groups excluding carboxylic acids is 3. The van der Waals surface area contributed by atoms with Crippen molar-refractivity contribution in [1.29, 1.82) is 5.26 Å². The first-order chi connectivity index (χ1) is 18.7. The molecular weight excluding hydrogens is 561 g/mol. The summed E-state index contributed by atoms with van der Waals surface area (Å²) in [6, 6.07) is 14.0. The Bertz CT molecular complexity index is 1450. The number of hydrogen-bond donors (Lipinski definition) is 0. The predicted octanol–water partition coefficient (Wildman–Crippen LogP) is 7.01. The number of nitrogens with zero attached hydrogens (tertiary/aromatic N) is 1. The van der Waals surface area contributed by atoms with Gasteiger partial charge in [0.25, 0.3) is 0 Å². The normalized spacial score (nSPS) is 11.0. The van der Waals surface area contributed by atoms with Gasteiger partial charge in [0, 0.05) is 11.3 Å². The number of ether oxygens (including phenoxy) is 3. The first kappa shape index (κ1) is 29.9. The average molecular weight is 586 g/mol. The number of Topliss-reactive ketones (excluding diaryl/α,β-unsaturated/α-hetero) is 1. The Labute approximate surface area is 240 Å².